The van der Waals surface area contributed by atoms with Crippen LogP contribution in [0.5, 0.6) is 0 Å². The highest BCUT2D eigenvalue weighted by atomic mass is 14.4. The molecule has 0 aromatic heterocycles. The van der Waals surface area contributed by atoms with Crippen LogP contribution in [0.4, 0.5) is 0 Å². The van der Waals surface area contributed by atoms with Crippen LogP contribution in [0.25, 0.3) is 0 Å². The van der Waals surface area contributed by atoms with Gasteiger partial charge in [0, 0.05) is 1.37 Å². The molecule has 0 nitrogen and oxygen atoms in total. The molecule has 2 aliphatic carbocycles. The maximum Gasteiger partial charge on any atom is 0.0300 e. The third-order valence-corrected chi connectivity index (χ3v) is 3.42. The summed E-state index contributed by atoms with van der Waals surface area (Å²) in [5.41, 5.74) is 0.635. The third kappa shape index (κ3) is 0.980. The summed E-state index contributed by atoms with van der Waals surface area (Å²) >= 11 is 0. The molecule has 2 rings (SSSR count). The van der Waals surface area contributed by atoms with Crippen molar-refractivity contribution < 1.29 is 1.37 Å². The molecule has 0 bridgehead atoms. The Kier molecular flexibility index (Phi) is 1.27. The molecule has 0 radical (unpaired) electrons. The van der Waals surface area contributed by atoms with Gasteiger partial charge in [-0.1, -0.05) is 26.2 Å². The minimum Gasteiger partial charge on any atom is -0.0625 e. The lowest BCUT2D eigenvalue weighted by Gasteiger charge is -2.21. The average molecular weight is 139 g/mol. The Morgan fingerprint density at radius 2 is 2.00 bits per heavy atom. The normalized spacial score (nSPS) is 46.3. The maximum atomic E-state index is 7.98. The Morgan fingerprint density at radius 3 is 2.50 bits per heavy atom. The largest absolute Gasteiger partial charge is 0.0625 e. The van der Waals surface area contributed by atoms with Gasteiger partial charge < -0.3 is 0 Å². The Hall–Kier alpha value is 0. The maximum absolute atomic E-state index is 7.98. The van der Waals surface area contributed by atoms with Gasteiger partial charge in [-0.2, -0.15) is 0 Å². The SMILES string of the molecule is [2H]C1(C)CCC2(CCCC2)C1. The first-order valence-corrected chi connectivity index (χ1v) is 4.62. The molecule has 0 aromatic rings. The van der Waals surface area contributed by atoms with Gasteiger partial charge in [-0.3, -0.25) is 0 Å². The molecule has 2 aliphatic rings. The van der Waals surface area contributed by atoms with E-state index in [1.165, 1.54) is 38.5 Å². The summed E-state index contributed by atoms with van der Waals surface area (Å²) in [5.74, 6) is -0.0790. The van der Waals surface area contributed by atoms with Crippen LogP contribution >= 0.6 is 0 Å². The lowest BCUT2D eigenvalue weighted by molar-refractivity contribution is 0.298. The molecule has 1 atom stereocenters. The van der Waals surface area contributed by atoms with Gasteiger partial charge >= 0.3 is 0 Å². The van der Waals surface area contributed by atoms with Crippen LogP contribution in [0.15, 0.2) is 0 Å². The van der Waals surface area contributed by atoms with E-state index in [4.69, 9.17) is 1.37 Å². The number of hydrogen-bond acceptors (Lipinski definition) is 0. The second-order valence-corrected chi connectivity index (χ2v) is 4.34. The van der Waals surface area contributed by atoms with Crippen molar-refractivity contribution >= 4 is 0 Å². The minimum atomic E-state index is -0.0790. The predicted molar refractivity (Wildman–Crippen MR) is 43.9 cm³/mol. The van der Waals surface area contributed by atoms with E-state index in [0.717, 1.165) is 6.42 Å². The fourth-order valence-electron chi connectivity index (χ4n) is 2.85. The molecular formula is C10H18. The second kappa shape index (κ2) is 2.25. The molecule has 2 saturated carbocycles. The van der Waals surface area contributed by atoms with Gasteiger partial charge in [0.05, 0.1) is 0 Å². The van der Waals surface area contributed by atoms with Crippen LogP contribution < -0.4 is 0 Å². The van der Waals surface area contributed by atoms with Crippen molar-refractivity contribution in [2.24, 2.45) is 11.3 Å². The van der Waals surface area contributed by atoms with E-state index in [9.17, 15) is 0 Å². The summed E-state index contributed by atoms with van der Waals surface area (Å²) in [6.07, 6.45) is 9.36. The van der Waals surface area contributed by atoms with Crippen LogP contribution in [0, 0.1) is 11.3 Å². The summed E-state index contributed by atoms with van der Waals surface area (Å²) < 4.78 is 7.98. The molecule has 0 saturated heterocycles. The van der Waals surface area contributed by atoms with E-state index in [1.807, 2.05) is 0 Å². The van der Waals surface area contributed by atoms with Crippen molar-refractivity contribution in [2.75, 3.05) is 0 Å². The van der Waals surface area contributed by atoms with E-state index < -0.39 is 0 Å². The molecule has 0 heterocycles. The van der Waals surface area contributed by atoms with E-state index in [2.05, 4.69) is 6.92 Å². The van der Waals surface area contributed by atoms with Gasteiger partial charge in [0.2, 0.25) is 0 Å². The zero-order valence-electron chi connectivity index (χ0n) is 7.95. The smallest absolute Gasteiger partial charge is 0.0300 e. The van der Waals surface area contributed by atoms with Gasteiger partial charge in [0.1, 0.15) is 0 Å². The standard InChI is InChI=1S/C10H18/c1-9-4-7-10(8-9)5-2-3-6-10/h9H,2-8H2,1H3/i9D. The fraction of sp³-hybridized carbons (Fsp3) is 1.00. The summed E-state index contributed by atoms with van der Waals surface area (Å²) in [6.45, 7) is 2.11. The molecule has 0 aliphatic heterocycles. The van der Waals surface area contributed by atoms with Gasteiger partial charge in [0.25, 0.3) is 0 Å². The first-order valence-electron chi connectivity index (χ1n) is 5.12. The van der Waals surface area contributed by atoms with E-state index in [-0.39, 0.29) is 5.89 Å². The number of rotatable bonds is 0. The monoisotopic (exact) mass is 139 g/mol. The van der Waals surface area contributed by atoms with Crippen molar-refractivity contribution in [3.63, 3.8) is 0 Å². The van der Waals surface area contributed by atoms with Gasteiger partial charge in [-0.15, -0.1) is 0 Å². The van der Waals surface area contributed by atoms with Crippen molar-refractivity contribution in [3.8, 4) is 0 Å². The van der Waals surface area contributed by atoms with Crippen molar-refractivity contribution in [2.45, 2.75) is 51.9 Å². The van der Waals surface area contributed by atoms with Crippen molar-refractivity contribution in [1.29, 1.82) is 0 Å². The molecule has 58 valence electrons. The van der Waals surface area contributed by atoms with Crippen LogP contribution in [0.2, 0.25) is 0 Å². The molecular weight excluding hydrogens is 120 g/mol. The molecule has 0 aromatic carbocycles. The van der Waals surface area contributed by atoms with Crippen LogP contribution in [0.1, 0.15) is 53.2 Å². The zero-order chi connectivity index (χ0) is 7.95. The highest BCUT2D eigenvalue weighted by Gasteiger charge is 2.39. The topological polar surface area (TPSA) is 0 Å². The summed E-state index contributed by atoms with van der Waals surface area (Å²) in [5, 5.41) is 0. The van der Waals surface area contributed by atoms with E-state index >= 15 is 0 Å². The highest BCUT2D eigenvalue weighted by molar-refractivity contribution is 4.90. The average Bonchev–Trinajstić information content (AvgIpc) is 2.43. The second-order valence-electron chi connectivity index (χ2n) is 4.34. The molecule has 10 heavy (non-hydrogen) atoms. The highest BCUT2D eigenvalue weighted by Crippen LogP contribution is 2.52. The first kappa shape index (κ1) is 5.62. The molecule has 1 unspecified atom stereocenters. The van der Waals surface area contributed by atoms with Crippen LogP contribution in [-0.4, -0.2) is 0 Å². The molecule has 2 fully saturated rings. The predicted octanol–water partition coefficient (Wildman–Crippen LogP) is 3.37. The lowest BCUT2D eigenvalue weighted by Crippen LogP contribution is -2.10. The van der Waals surface area contributed by atoms with Gasteiger partial charge in [-0.25, -0.2) is 0 Å². The minimum absolute atomic E-state index is 0.0790. The first-order chi connectivity index (χ1) is 5.12. The summed E-state index contributed by atoms with van der Waals surface area (Å²) in [7, 11) is 0. The van der Waals surface area contributed by atoms with Crippen LogP contribution in [0.3, 0.4) is 0 Å². The Labute approximate surface area is 65.4 Å². The molecule has 0 N–H and O–H groups in total. The van der Waals surface area contributed by atoms with E-state index in [1.54, 1.807) is 0 Å². The molecule has 1 spiro atoms. The summed E-state index contributed by atoms with van der Waals surface area (Å²) in [6, 6.07) is 0. The molecule has 0 heteroatoms. The lowest BCUT2D eigenvalue weighted by atomic mass is 9.84. The quantitative estimate of drug-likeness (QED) is 0.482. The number of hydrogen-bond donors (Lipinski definition) is 0. The summed E-state index contributed by atoms with van der Waals surface area (Å²) in [4.78, 5) is 0. The Bertz CT molecular complexity index is 154. The third-order valence-electron chi connectivity index (χ3n) is 3.42. The van der Waals surface area contributed by atoms with Gasteiger partial charge in [-0.05, 0) is 37.0 Å². The fourth-order valence-corrected chi connectivity index (χ4v) is 2.85. The van der Waals surface area contributed by atoms with E-state index in [0.29, 0.717) is 5.41 Å². The zero-order valence-corrected chi connectivity index (χ0v) is 6.95. The van der Waals surface area contributed by atoms with Crippen molar-refractivity contribution in [1.82, 2.24) is 0 Å². The van der Waals surface area contributed by atoms with Crippen LogP contribution in [-0.2, 0) is 0 Å². The van der Waals surface area contributed by atoms with Crippen molar-refractivity contribution in [3.05, 3.63) is 0 Å². The van der Waals surface area contributed by atoms with Gasteiger partial charge in [0.15, 0.2) is 0 Å². The Morgan fingerprint density at radius 1 is 1.30 bits per heavy atom. The Balaban J connectivity index is 2.07. The molecule has 0 amide bonds.